The SMILES string of the molecule is Cc1ccc(S(=O)(=O)CC(C)C)c(C(=O)C2CC2)c1. The summed E-state index contributed by atoms with van der Waals surface area (Å²) in [5, 5.41) is 0. The summed E-state index contributed by atoms with van der Waals surface area (Å²) in [5.74, 6) is 0.164. The fourth-order valence-electron chi connectivity index (χ4n) is 2.20. The molecule has 0 saturated heterocycles. The van der Waals surface area contributed by atoms with Crippen LogP contribution in [-0.2, 0) is 9.84 Å². The third-order valence-electron chi connectivity index (χ3n) is 3.24. The maximum atomic E-state index is 12.4. The van der Waals surface area contributed by atoms with E-state index in [1.165, 1.54) is 0 Å². The Bertz CT molecular complexity index is 596. The first-order chi connectivity index (χ1) is 8.81. The predicted molar refractivity (Wildman–Crippen MR) is 75.1 cm³/mol. The smallest absolute Gasteiger partial charge is 0.179 e. The first-order valence-corrected chi connectivity index (χ1v) is 8.34. The number of rotatable bonds is 5. The molecule has 1 saturated carbocycles. The summed E-state index contributed by atoms with van der Waals surface area (Å²) in [6.07, 6.45) is 1.77. The summed E-state index contributed by atoms with van der Waals surface area (Å²) in [5.41, 5.74) is 1.32. The van der Waals surface area contributed by atoms with E-state index in [-0.39, 0.29) is 28.3 Å². The van der Waals surface area contributed by atoms with Crippen LogP contribution >= 0.6 is 0 Å². The van der Waals surface area contributed by atoms with Gasteiger partial charge < -0.3 is 0 Å². The standard InChI is InChI=1S/C15H20O3S/c1-10(2)9-19(17,18)14-7-4-11(3)8-13(14)15(16)12-5-6-12/h4,7-8,10,12H,5-6,9H2,1-3H3. The van der Waals surface area contributed by atoms with Crippen LogP contribution in [0.15, 0.2) is 23.1 Å². The van der Waals surface area contributed by atoms with Crippen LogP contribution in [0.3, 0.4) is 0 Å². The highest BCUT2D eigenvalue weighted by molar-refractivity contribution is 7.91. The number of hydrogen-bond acceptors (Lipinski definition) is 3. The summed E-state index contributed by atoms with van der Waals surface area (Å²) in [6, 6.07) is 5.06. The number of benzene rings is 1. The molecule has 0 heterocycles. The van der Waals surface area contributed by atoms with Crippen LogP contribution in [0.4, 0.5) is 0 Å². The number of aryl methyl sites for hydroxylation is 1. The van der Waals surface area contributed by atoms with Crippen LogP contribution in [0.1, 0.15) is 42.6 Å². The predicted octanol–water partition coefficient (Wildman–Crippen LogP) is 3.02. The second-order valence-electron chi connectivity index (χ2n) is 5.81. The maximum absolute atomic E-state index is 12.4. The topological polar surface area (TPSA) is 51.2 Å². The minimum Gasteiger partial charge on any atom is -0.294 e. The third kappa shape index (κ3) is 3.24. The fourth-order valence-corrected chi connectivity index (χ4v) is 4.03. The first-order valence-electron chi connectivity index (χ1n) is 6.69. The number of carbonyl (C=O) groups is 1. The van der Waals surface area contributed by atoms with Crippen molar-refractivity contribution >= 4 is 15.6 Å². The molecule has 0 aliphatic heterocycles. The van der Waals surface area contributed by atoms with Crippen LogP contribution < -0.4 is 0 Å². The van der Waals surface area contributed by atoms with Crippen LogP contribution in [0, 0.1) is 18.8 Å². The largest absolute Gasteiger partial charge is 0.294 e. The average molecular weight is 280 g/mol. The van der Waals surface area contributed by atoms with Crippen LogP contribution in [0.25, 0.3) is 0 Å². The van der Waals surface area contributed by atoms with Crippen molar-refractivity contribution in [3.63, 3.8) is 0 Å². The van der Waals surface area contributed by atoms with Crippen molar-refractivity contribution in [2.45, 2.75) is 38.5 Å². The van der Waals surface area contributed by atoms with Gasteiger partial charge in [0.05, 0.1) is 10.6 Å². The lowest BCUT2D eigenvalue weighted by Crippen LogP contribution is -2.16. The molecule has 0 N–H and O–H groups in total. The van der Waals surface area contributed by atoms with Crippen LogP contribution in [0.2, 0.25) is 0 Å². The van der Waals surface area contributed by atoms with Crippen LogP contribution in [-0.4, -0.2) is 20.0 Å². The maximum Gasteiger partial charge on any atom is 0.179 e. The molecule has 0 amide bonds. The summed E-state index contributed by atoms with van der Waals surface area (Å²) in [4.78, 5) is 12.5. The monoisotopic (exact) mass is 280 g/mol. The van der Waals surface area contributed by atoms with Gasteiger partial charge in [0.15, 0.2) is 15.6 Å². The Morgan fingerprint density at radius 3 is 2.47 bits per heavy atom. The number of hydrogen-bond donors (Lipinski definition) is 0. The van der Waals surface area contributed by atoms with Gasteiger partial charge in [-0.05, 0) is 37.8 Å². The molecular formula is C15H20O3S. The Hall–Kier alpha value is -1.16. The first kappa shape index (κ1) is 14.3. The third-order valence-corrected chi connectivity index (χ3v) is 5.37. The van der Waals surface area contributed by atoms with Gasteiger partial charge in [0.25, 0.3) is 0 Å². The Morgan fingerprint density at radius 2 is 1.95 bits per heavy atom. The molecule has 1 aliphatic rings. The molecule has 1 aromatic carbocycles. The normalized spacial score (nSPS) is 15.8. The number of carbonyl (C=O) groups excluding carboxylic acids is 1. The molecule has 3 nitrogen and oxygen atoms in total. The van der Waals surface area contributed by atoms with Crippen LogP contribution in [0.5, 0.6) is 0 Å². The van der Waals surface area contributed by atoms with E-state index in [0.717, 1.165) is 18.4 Å². The van der Waals surface area contributed by atoms with Gasteiger partial charge in [0.2, 0.25) is 0 Å². The molecule has 0 aromatic heterocycles. The summed E-state index contributed by atoms with van der Waals surface area (Å²) < 4.78 is 24.7. The molecule has 1 aromatic rings. The van der Waals surface area contributed by atoms with Gasteiger partial charge in [-0.1, -0.05) is 25.5 Å². The molecule has 1 fully saturated rings. The minimum atomic E-state index is -3.38. The van der Waals surface area contributed by atoms with Crippen molar-refractivity contribution in [3.05, 3.63) is 29.3 Å². The van der Waals surface area contributed by atoms with Gasteiger partial charge in [0.1, 0.15) is 0 Å². The van der Waals surface area contributed by atoms with Crippen molar-refractivity contribution in [3.8, 4) is 0 Å². The molecule has 0 spiro atoms. The van der Waals surface area contributed by atoms with Crippen molar-refractivity contribution in [1.82, 2.24) is 0 Å². The molecule has 0 radical (unpaired) electrons. The van der Waals surface area contributed by atoms with Crippen molar-refractivity contribution < 1.29 is 13.2 Å². The van der Waals surface area contributed by atoms with Gasteiger partial charge >= 0.3 is 0 Å². The van der Waals surface area contributed by atoms with E-state index in [9.17, 15) is 13.2 Å². The van der Waals surface area contributed by atoms with E-state index in [4.69, 9.17) is 0 Å². The fraction of sp³-hybridized carbons (Fsp3) is 0.533. The molecule has 4 heteroatoms. The summed E-state index contributed by atoms with van der Waals surface area (Å²) >= 11 is 0. The molecule has 2 rings (SSSR count). The summed E-state index contributed by atoms with van der Waals surface area (Å²) in [7, 11) is -3.38. The van der Waals surface area contributed by atoms with E-state index in [1.54, 1.807) is 18.2 Å². The lowest BCUT2D eigenvalue weighted by atomic mass is 10.0. The highest BCUT2D eigenvalue weighted by atomic mass is 32.2. The minimum absolute atomic E-state index is 0.00830. The van der Waals surface area contributed by atoms with Gasteiger partial charge in [-0.25, -0.2) is 8.42 Å². The average Bonchev–Trinajstić information content (AvgIpc) is 3.09. The number of ketones is 1. The number of Topliss-reactive ketones (excluding diaryl/α,β-unsaturated/α-hetero) is 1. The second-order valence-corrected chi connectivity index (χ2v) is 7.82. The van der Waals surface area contributed by atoms with E-state index >= 15 is 0 Å². The van der Waals surface area contributed by atoms with E-state index < -0.39 is 9.84 Å². The summed E-state index contributed by atoms with van der Waals surface area (Å²) in [6.45, 7) is 5.62. The lowest BCUT2D eigenvalue weighted by Gasteiger charge is -2.12. The zero-order chi connectivity index (χ0) is 14.2. The zero-order valence-electron chi connectivity index (χ0n) is 11.6. The highest BCUT2D eigenvalue weighted by Crippen LogP contribution is 2.35. The van der Waals surface area contributed by atoms with Crippen molar-refractivity contribution in [2.75, 3.05) is 5.75 Å². The molecule has 0 bridgehead atoms. The van der Waals surface area contributed by atoms with E-state index in [2.05, 4.69) is 0 Å². The Kier molecular flexibility index (Phi) is 3.81. The van der Waals surface area contributed by atoms with Gasteiger partial charge in [-0.2, -0.15) is 0 Å². The second kappa shape index (κ2) is 5.08. The molecule has 1 aliphatic carbocycles. The lowest BCUT2D eigenvalue weighted by molar-refractivity contribution is 0.0964. The van der Waals surface area contributed by atoms with Gasteiger partial charge in [0, 0.05) is 11.5 Å². The molecule has 0 unspecified atom stereocenters. The van der Waals surface area contributed by atoms with Crippen molar-refractivity contribution in [2.24, 2.45) is 11.8 Å². The Morgan fingerprint density at radius 1 is 1.32 bits per heavy atom. The molecule has 0 atom stereocenters. The zero-order valence-corrected chi connectivity index (χ0v) is 12.5. The quantitative estimate of drug-likeness (QED) is 0.779. The van der Waals surface area contributed by atoms with E-state index in [1.807, 2.05) is 20.8 Å². The van der Waals surface area contributed by atoms with Gasteiger partial charge in [-0.15, -0.1) is 0 Å². The molecule has 19 heavy (non-hydrogen) atoms. The van der Waals surface area contributed by atoms with Gasteiger partial charge in [-0.3, -0.25) is 4.79 Å². The molecule has 104 valence electrons. The Labute approximate surface area is 114 Å². The highest BCUT2D eigenvalue weighted by Gasteiger charge is 2.34. The molecular weight excluding hydrogens is 260 g/mol. The Balaban J connectivity index is 2.47. The van der Waals surface area contributed by atoms with E-state index in [0.29, 0.717) is 5.56 Å². The number of sulfone groups is 1. The van der Waals surface area contributed by atoms with Crippen molar-refractivity contribution in [1.29, 1.82) is 0 Å².